The molecule has 0 spiro atoms. The molecule has 1 aromatic carbocycles. The molecule has 0 aliphatic rings. The summed E-state index contributed by atoms with van der Waals surface area (Å²) in [5.41, 5.74) is 4.89. The molecule has 0 saturated heterocycles. The Morgan fingerprint density at radius 3 is 2.59 bits per heavy atom. The van der Waals surface area contributed by atoms with E-state index in [4.69, 9.17) is 5.73 Å². The van der Waals surface area contributed by atoms with Gasteiger partial charge < -0.3 is 10.6 Å². The van der Waals surface area contributed by atoms with Crippen LogP contribution in [-0.2, 0) is 0 Å². The van der Waals surface area contributed by atoms with Gasteiger partial charge in [0.15, 0.2) is 0 Å². The highest BCUT2D eigenvalue weighted by Crippen LogP contribution is 2.17. The molecule has 0 aromatic heterocycles. The van der Waals surface area contributed by atoms with Gasteiger partial charge >= 0.3 is 0 Å². The van der Waals surface area contributed by atoms with Crippen LogP contribution in [0.4, 0.5) is 8.78 Å². The van der Waals surface area contributed by atoms with Gasteiger partial charge in [0, 0.05) is 7.05 Å². The molecule has 0 unspecified atom stereocenters. The summed E-state index contributed by atoms with van der Waals surface area (Å²) < 4.78 is 27.1. The van der Waals surface area contributed by atoms with E-state index in [1.165, 1.54) is 20.0 Å². The van der Waals surface area contributed by atoms with Crippen molar-refractivity contribution in [3.63, 3.8) is 0 Å². The highest BCUT2D eigenvalue weighted by molar-refractivity contribution is 7.80. The highest BCUT2D eigenvalue weighted by atomic mass is 32.1. The van der Waals surface area contributed by atoms with Gasteiger partial charge in [0.1, 0.15) is 17.2 Å². The summed E-state index contributed by atoms with van der Waals surface area (Å²) in [4.78, 5) is 13.0. The fraction of sp³-hybridized carbons (Fsp3) is 0.273. The standard InChI is InChI=1S/C11H12F2N2OS/c1-6-3-4-7(12)9(10(6)13)11(16)15(2)5-8(14)17/h3-4H,5H2,1-2H3,(H2,14,17). The van der Waals surface area contributed by atoms with E-state index in [1.807, 2.05) is 0 Å². The molecule has 92 valence electrons. The topological polar surface area (TPSA) is 46.3 Å². The highest BCUT2D eigenvalue weighted by Gasteiger charge is 2.22. The lowest BCUT2D eigenvalue weighted by molar-refractivity contribution is 0.0805. The Morgan fingerprint density at radius 2 is 2.06 bits per heavy atom. The van der Waals surface area contributed by atoms with Gasteiger partial charge in [0.25, 0.3) is 5.91 Å². The van der Waals surface area contributed by atoms with Crippen LogP contribution < -0.4 is 5.73 Å². The molecule has 0 heterocycles. The van der Waals surface area contributed by atoms with Gasteiger partial charge in [-0.2, -0.15) is 0 Å². The Balaban J connectivity index is 3.12. The molecule has 1 amide bonds. The van der Waals surface area contributed by atoms with Crippen LogP contribution in [-0.4, -0.2) is 29.4 Å². The van der Waals surface area contributed by atoms with E-state index in [2.05, 4.69) is 12.2 Å². The number of carbonyl (C=O) groups is 1. The quantitative estimate of drug-likeness (QED) is 0.838. The second-order valence-electron chi connectivity index (χ2n) is 3.68. The summed E-state index contributed by atoms with van der Waals surface area (Å²) >= 11 is 4.63. The van der Waals surface area contributed by atoms with Crippen molar-refractivity contribution in [1.29, 1.82) is 0 Å². The van der Waals surface area contributed by atoms with Crippen LogP contribution in [0.25, 0.3) is 0 Å². The lowest BCUT2D eigenvalue weighted by atomic mass is 10.1. The Morgan fingerprint density at radius 1 is 1.47 bits per heavy atom. The molecule has 0 saturated carbocycles. The zero-order valence-corrected chi connectivity index (χ0v) is 10.3. The van der Waals surface area contributed by atoms with Gasteiger partial charge in [-0.15, -0.1) is 0 Å². The number of rotatable bonds is 3. The number of likely N-dealkylation sites (N-methyl/N-ethyl adjacent to an activating group) is 1. The van der Waals surface area contributed by atoms with Crippen molar-refractivity contribution >= 4 is 23.1 Å². The molecule has 0 fully saturated rings. The second-order valence-corrected chi connectivity index (χ2v) is 4.21. The first-order valence-corrected chi connectivity index (χ1v) is 5.23. The molecule has 0 aliphatic heterocycles. The predicted molar refractivity (Wildman–Crippen MR) is 64.8 cm³/mol. The lowest BCUT2D eigenvalue weighted by Gasteiger charge is -2.17. The van der Waals surface area contributed by atoms with E-state index >= 15 is 0 Å². The zero-order chi connectivity index (χ0) is 13.2. The zero-order valence-electron chi connectivity index (χ0n) is 9.46. The maximum absolute atomic E-state index is 13.7. The maximum atomic E-state index is 13.7. The van der Waals surface area contributed by atoms with Gasteiger partial charge in [-0.05, 0) is 18.6 Å². The van der Waals surface area contributed by atoms with Crippen LogP contribution in [0.3, 0.4) is 0 Å². The fourth-order valence-corrected chi connectivity index (χ4v) is 1.54. The molecule has 1 aromatic rings. The van der Waals surface area contributed by atoms with Crippen LogP contribution in [0.1, 0.15) is 15.9 Å². The van der Waals surface area contributed by atoms with Crippen LogP contribution in [0.15, 0.2) is 12.1 Å². The van der Waals surface area contributed by atoms with Crippen molar-refractivity contribution in [2.75, 3.05) is 13.6 Å². The number of nitrogens with zero attached hydrogens (tertiary/aromatic N) is 1. The van der Waals surface area contributed by atoms with E-state index in [0.717, 1.165) is 11.0 Å². The number of nitrogens with two attached hydrogens (primary N) is 1. The summed E-state index contributed by atoms with van der Waals surface area (Å²) in [6.07, 6.45) is 0. The molecular weight excluding hydrogens is 246 g/mol. The number of carbonyl (C=O) groups excluding carboxylic acids is 1. The number of aryl methyl sites for hydroxylation is 1. The molecule has 0 atom stereocenters. The first-order valence-electron chi connectivity index (χ1n) is 4.83. The lowest BCUT2D eigenvalue weighted by Crippen LogP contribution is -2.35. The maximum Gasteiger partial charge on any atom is 0.259 e. The smallest absolute Gasteiger partial charge is 0.259 e. The van der Waals surface area contributed by atoms with Crippen LogP contribution in [0, 0.1) is 18.6 Å². The summed E-state index contributed by atoms with van der Waals surface area (Å²) in [7, 11) is 1.38. The Bertz CT molecular complexity index is 477. The average Bonchev–Trinajstić information content (AvgIpc) is 2.23. The van der Waals surface area contributed by atoms with Crippen molar-refractivity contribution in [2.45, 2.75) is 6.92 Å². The van der Waals surface area contributed by atoms with Gasteiger partial charge in [-0.25, -0.2) is 8.78 Å². The molecule has 0 radical (unpaired) electrons. The summed E-state index contributed by atoms with van der Waals surface area (Å²) in [5, 5.41) is 0. The van der Waals surface area contributed by atoms with Gasteiger partial charge in [-0.3, -0.25) is 4.79 Å². The second kappa shape index (κ2) is 5.18. The average molecular weight is 258 g/mol. The number of hydrogen-bond donors (Lipinski definition) is 1. The monoisotopic (exact) mass is 258 g/mol. The largest absolute Gasteiger partial charge is 0.392 e. The van der Waals surface area contributed by atoms with Crippen molar-refractivity contribution in [2.24, 2.45) is 5.73 Å². The summed E-state index contributed by atoms with van der Waals surface area (Å²) in [6.45, 7) is 1.43. The SMILES string of the molecule is Cc1ccc(F)c(C(=O)N(C)CC(N)=S)c1F. The number of hydrogen-bond acceptors (Lipinski definition) is 2. The minimum atomic E-state index is -0.895. The summed E-state index contributed by atoms with van der Waals surface area (Å²) in [6, 6.07) is 2.33. The molecule has 3 nitrogen and oxygen atoms in total. The molecule has 2 N–H and O–H groups in total. The van der Waals surface area contributed by atoms with Gasteiger partial charge in [0.2, 0.25) is 0 Å². The third-order valence-electron chi connectivity index (χ3n) is 2.24. The van der Waals surface area contributed by atoms with Crippen molar-refractivity contribution < 1.29 is 13.6 Å². The molecule has 1 rings (SSSR count). The first kappa shape index (κ1) is 13.5. The summed E-state index contributed by atoms with van der Waals surface area (Å²) in [5.74, 6) is -2.53. The van der Waals surface area contributed by atoms with Crippen molar-refractivity contribution in [3.05, 3.63) is 34.9 Å². The minimum absolute atomic E-state index is 0.0268. The fourth-order valence-electron chi connectivity index (χ4n) is 1.35. The van der Waals surface area contributed by atoms with Gasteiger partial charge in [-0.1, -0.05) is 18.3 Å². The van der Waals surface area contributed by atoms with E-state index in [1.54, 1.807) is 0 Å². The molecule has 0 bridgehead atoms. The van der Waals surface area contributed by atoms with Crippen molar-refractivity contribution in [3.8, 4) is 0 Å². The molecular formula is C11H12F2N2OS. The van der Waals surface area contributed by atoms with E-state index in [0.29, 0.717) is 0 Å². The predicted octanol–water partition coefficient (Wildman–Crippen LogP) is 1.63. The van der Waals surface area contributed by atoms with E-state index in [9.17, 15) is 13.6 Å². The number of halogens is 2. The minimum Gasteiger partial charge on any atom is -0.392 e. The normalized spacial score (nSPS) is 10.1. The van der Waals surface area contributed by atoms with E-state index in [-0.39, 0.29) is 17.1 Å². The molecule has 6 heteroatoms. The van der Waals surface area contributed by atoms with Gasteiger partial charge in [0.05, 0.1) is 11.5 Å². The van der Waals surface area contributed by atoms with Crippen LogP contribution >= 0.6 is 12.2 Å². The Kier molecular flexibility index (Phi) is 4.11. The molecule has 17 heavy (non-hydrogen) atoms. The third-order valence-corrected chi connectivity index (χ3v) is 2.37. The van der Waals surface area contributed by atoms with Crippen LogP contribution in [0.2, 0.25) is 0 Å². The third kappa shape index (κ3) is 2.97. The van der Waals surface area contributed by atoms with E-state index < -0.39 is 23.1 Å². The molecule has 0 aliphatic carbocycles. The number of thiocarbonyl (C=S) groups is 1. The number of amides is 1. The first-order chi connectivity index (χ1) is 7.84. The Labute approximate surface area is 103 Å². The van der Waals surface area contributed by atoms with Crippen molar-refractivity contribution in [1.82, 2.24) is 4.90 Å². The number of benzene rings is 1. The Hall–Kier alpha value is -1.56. The van der Waals surface area contributed by atoms with Crippen LogP contribution in [0.5, 0.6) is 0 Å².